The summed E-state index contributed by atoms with van der Waals surface area (Å²) >= 11 is 0. The van der Waals surface area contributed by atoms with E-state index in [1.807, 2.05) is 0 Å². The van der Waals surface area contributed by atoms with Crippen LogP contribution in [0.25, 0.3) is 0 Å². The van der Waals surface area contributed by atoms with Crippen LogP contribution in [0.2, 0.25) is 0 Å². The molecule has 1 amide bonds. The topological polar surface area (TPSA) is 59.9 Å². The van der Waals surface area contributed by atoms with Gasteiger partial charge in [-0.15, -0.1) is 0 Å². The van der Waals surface area contributed by atoms with E-state index in [9.17, 15) is 9.18 Å². The van der Waals surface area contributed by atoms with Gasteiger partial charge in [0.2, 0.25) is 5.60 Å². The Bertz CT molecular complexity index is 547. The quantitative estimate of drug-likeness (QED) is 0.815. The molecule has 0 fully saturated rings. The molecule has 1 aromatic rings. The number of carbonyl (C=O) groups excluding carboxylic acids is 1. The number of hydrogen-bond acceptors (Lipinski definition) is 4. The summed E-state index contributed by atoms with van der Waals surface area (Å²) in [5.41, 5.74) is -0.277. The van der Waals surface area contributed by atoms with Gasteiger partial charge in [0.05, 0.1) is 5.71 Å². The lowest BCUT2D eigenvalue weighted by atomic mass is 9.95. The zero-order valence-corrected chi connectivity index (χ0v) is 12.2. The molecule has 5 nitrogen and oxygen atoms in total. The van der Waals surface area contributed by atoms with Gasteiger partial charge in [0.25, 0.3) is 5.91 Å². The maximum absolute atomic E-state index is 13.7. The van der Waals surface area contributed by atoms with Crippen LogP contribution in [0.3, 0.4) is 0 Å². The molecule has 0 saturated heterocycles. The van der Waals surface area contributed by atoms with Crippen LogP contribution in [0.15, 0.2) is 29.4 Å². The molecule has 0 spiro atoms. The van der Waals surface area contributed by atoms with Gasteiger partial charge in [0, 0.05) is 32.2 Å². The molecule has 0 radical (unpaired) electrons. The van der Waals surface area contributed by atoms with Gasteiger partial charge in [-0.3, -0.25) is 4.79 Å². The van der Waals surface area contributed by atoms with Gasteiger partial charge < -0.3 is 14.9 Å². The number of nitrogens with one attached hydrogen (secondary N) is 1. The first-order chi connectivity index (χ1) is 10.1. The van der Waals surface area contributed by atoms with Crippen molar-refractivity contribution in [1.29, 1.82) is 0 Å². The second kappa shape index (κ2) is 6.67. The monoisotopic (exact) mass is 294 g/mol. The number of rotatable bonds is 6. The van der Waals surface area contributed by atoms with Gasteiger partial charge in [-0.2, -0.15) is 0 Å². The second-order valence-electron chi connectivity index (χ2n) is 5.12. The van der Waals surface area contributed by atoms with E-state index in [2.05, 4.69) is 10.5 Å². The fourth-order valence-electron chi connectivity index (χ4n) is 2.11. The number of amides is 1. The average Bonchev–Trinajstić information content (AvgIpc) is 2.87. The summed E-state index contributed by atoms with van der Waals surface area (Å²) in [6.07, 6.45) is 0.962. The molecule has 0 aliphatic carbocycles. The summed E-state index contributed by atoms with van der Waals surface area (Å²) in [7, 11) is 1.61. The van der Waals surface area contributed by atoms with Crippen molar-refractivity contribution >= 4 is 11.6 Å². The van der Waals surface area contributed by atoms with Crippen LogP contribution >= 0.6 is 0 Å². The summed E-state index contributed by atoms with van der Waals surface area (Å²) in [6.45, 7) is 2.73. The van der Waals surface area contributed by atoms with E-state index in [-0.39, 0.29) is 18.1 Å². The lowest BCUT2D eigenvalue weighted by Gasteiger charge is -2.20. The molecule has 1 N–H and O–H groups in total. The Kier molecular flexibility index (Phi) is 4.90. The Morgan fingerprint density at radius 1 is 1.52 bits per heavy atom. The highest BCUT2D eigenvalue weighted by atomic mass is 19.1. The summed E-state index contributed by atoms with van der Waals surface area (Å²) in [6, 6.07) is 6.32. The number of hydrogen-bond donors (Lipinski definition) is 1. The second-order valence-corrected chi connectivity index (χ2v) is 5.12. The first-order valence-electron chi connectivity index (χ1n) is 6.84. The van der Waals surface area contributed by atoms with Crippen LogP contribution in [-0.2, 0) is 14.4 Å². The van der Waals surface area contributed by atoms with Gasteiger partial charge in [-0.05, 0) is 19.4 Å². The van der Waals surface area contributed by atoms with Crippen molar-refractivity contribution < 1.29 is 18.8 Å². The largest absolute Gasteiger partial charge is 0.385 e. The highest BCUT2D eigenvalue weighted by Crippen LogP contribution is 2.27. The third kappa shape index (κ3) is 3.58. The third-order valence-corrected chi connectivity index (χ3v) is 3.34. The molecule has 0 bridgehead atoms. The molecular weight excluding hydrogens is 275 g/mol. The molecule has 114 valence electrons. The van der Waals surface area contributed by atoms with Gasteiger partial charge in [0.15, 0.2) is 0 Å². The van der Waals surface area contributed by atoms with Crippen LogP contribution in [0.1, 0.15) is 25.3 Å². The highest BCUT2D eigenvalue weighted by Gasteiger charge is 2.42. The molecule has 1 aliphatic heterocycles. The number of ether oxygens (including phenoxy) is 1. The number of carbonyl (C=O) groups is 1. The van der Waals surface area contributed by atoms with Gasteiger partial charge in [0.1, 0.15) is 5.82 Å². The normalized spacial score (nSPS) is 20.8. The lowest BCUT2D eigenvalue weighted by Crippen LogP contribution is -2.45. The molecule has 2 rings (SSSR count). The maximum Gasteiger partial charge on any atom is 0.267 e. The Morgan fingerprint density at radius 2 is 2.29 bits per heavy atom. The van der Waals surface area contributed by atoms with Gasteiger partial charge in [-0.1, -0.05) is 23.4 Å². The van der Waals surface area contributed by atoms with Crippen LogP contribution in [0.4, 0.5) is 4.39 Å². The summed E-state index contributed by atoms with van der Waals surface area (Å²) in [4.78, 5) is 17.4. The predicted molar refractivity (Wildman–Crippen MR) is 76.5 cm³/mol. The van der Waals surface area contributed by atoms with Crippen molar-refractivity contribution in [3.63, 3.8) is 0 Å². The Hall–Kier alpha value is -1.95. The minimum Gasteiger partial charge on any atom is -0.385 e. The fourth-order valence-corrected chi connectivity index (χ4v) is 2.11. The van der Waals surface area contributed by atoms with Crippen molar-refractivity contribution in [3.05, 3.63) is 35.6 Å². The van der Waals surface area contributed by atoms with E-state index < -0.39 is 5.60 Å². The molecular formula is C15H19FN2O3. The zero-order valence-electron chi connectivity index (χ0n) is 12.2. The molecule has 21 heavy (non-hydrogen) atoms. The van der Waals surface area contributed by atoms with E-state index in [1.165, 1.54) is 6.07 Å². The summed E-state index contributed by atoms with van der Waals surface area (Å²) < 4.78 is 18.6. The van der Waals surface area contributed by atoms with Crippen LogP contribution in [-0.4, -0.2) is 37.5 Å². The maximum atomic E-state index is 13.7. The first kappa shape index (κ1) is 15.4. The molecule has 1 unspecified atom stereocenters. The molecule has 1 heterocycles. The van der Waals surface area contributed by atoms with Crippen LogP contribution < -0.4 is 5.32 Å². The standard InChI is InChI=1S/C15H19FN2O3/c1-15(14(19)17-8-5-9-20-2)10-13(18-21-15)11-6-3-4-7-12(11)16/h3-4,6-7H,5,8-10H2,1-2H3,(H,17,19). The van der Waals surface area contributed by atoms with Crippen molar-refractivity contribution in [2.45, 2.75) is 25.4 Å². The average molecular weight is 294 g/mol. The van der Waals surface area contributed by atoms with E-state index in [0.717, 1.165) is 6.42 Å². The molecule has 1 aliphatic rings. The van der Waals surface area contributed by atoms with E-state index in [4.69, 9.17) is 9.57 Å². The molecule has 0 aromatic heterocycles. The van der Waals surface area contributed by atoms with E-state index in [0.29, 0.717) is 24.4 Å². The molecule has 1 atom stereocenters. The van der Waals surface area contributed by atoms with Crippen molar-refractivity contribution in [3.8, 4) is 0 Å². The molecule has 6 heteroatoms. The van der Waals surface area contributed by atoms with E-state index >= 15 is 0 Å². The Labute approximate surface area is 123 Å². The van der Waals surface area contributed by atoms with Crippen molar-refractivity contribution in [2.75, 3.05) is 20.3 Å². The SMILES string of the molecule is COCCCNC(=O)C1(C)CC(c2ccccc2F)=NO1. The first-order valence-corrected chi connectivity index (χ1v) is 6.84. The Balaban J connectivity index is 1.96. The molecule has 0 saturated carbocycles. The predicted octanol–water partition coefficient (Wildman–Crippen LogP) is 1.86. The number of benzene rings is 1. The highest BCUT2D eigenvalue weighted by molar-refractivity contribution is 6.05. The van der Waals surface area contributed by atoms with Crippen LogP contribution in [0, 0.1) is 5.82 Å². The Morgan fingerprint density at radius 3 is 3.00 bits per heavy atom. The minimum absolute atomic E-state index is 0.240. The van der Waals surface area contributed by atoms with E-state index in [1.54, 1.807) is 32.2 Å². The summed E-state index contributed by atoms with van der Waals surface area (Å²) in [5.74, 6) is -0.627. The number of halogens is 1. The van der Waals surface area contributed by atoms with Crippen molar-refractivity contribution in [2.24, 2.45) is 5.16 Å². The van der Waals surface area contributed by atoms with Crippen LogP contribution in [0.5, 0.6) is 0 Å². The number of nitrogens with zero attached hydrogens (tertiary/aromatic N) is 1. The fraction of sp³-hybridized carbons (Fsp3) is 0.467. The lowest BCUT2D eigenvalue weighted by molar-refractivity contribution is -0.141. The van der Waals surface area contributed by atoms with Gasteiger partial charge >= 0.3 is 0 Å². The summed E-state index contributed by atoms with van der Waals surface area (Å²) in [5, 5.41) is 6.65. The number of methoxy groups -OCH3 is 1. The third-order valence-electron chi connectivity index (χ3n) is 3.34. The van der Waals surface area contributed by atoms with Gasteiger partial charge in [-0.25, -0.2) is 4.39 Å². The van der Waals surface area contributed by atoms with Crippen molar-refractivity contribution in [1.82, 2.24) is 5.32 Å². The minimum atomic E-state index is -1.09. The number of oxime groups is 1. The smallest absolute Gasteiger partial charge is 0.267 e. The molecule has 1 aromatic carbocycles. The zero-order chi connectivity index (χ0) is 15.3.